The average Bonchev–Trinajstić information content (AvgIpc) is 2.27. The van der Waals surface area contributed by atoms with Crippen LogP contribution in [-0.4, -0.2) is 28.1 Å². The van der Waals surface area contributed by atoms with Gasteiger partial charge >= 0.3 is 11.9 Å². The van der Waals surface area contributed by atoms with Gasteiger partial charge in [-0.2, -0.15) is 0 Å². The molecular formula is C11H11NO5. The molecule has 0 spiro atoms. The molecule has 0 heterocycles. The van der Waals surface area contributed by atoms with Crippen LogP contribution in [0.5, 0.6) is 0 Å². The quantitative estimate of drug-likeness (QED) is 0.629. The fraction of sp³-hybridized carbons (Fsp3) is 0.182. The fourth-order valence-corrected chi connectivity index (χ4v) is 1.22. The number of carbonyl (C=O) groups is 3. The van der Waals surface area contributed by atoms with Crippen molar-refractivity contribution in [3.8, 4) is 0 Å². The van der Waals surface area contributed by atoms with Gasteiger partial charge in [-0.1, -0.05) is 30.3 Å². The lowest BCUT2D eigenvalue weighted by Gasteiger charge is -2.08. The van der Waals surface area contributed by atoms with Gasteiger partial charge in [-0.05, 0) is 5.56 Å². The van der Waals surface area contributed by atoms with Crippen molar-refractivity contribution >= 4 is 17.8 Å². The molecule has 3 N–H and O–H groups in total. The molecule has 0 aliphatic rings. The van der Waals surface area contributed by atoms with Crippen LogP contribution in [0.4, 0.5) is 0 Å². The number of carboxylic acids is 2. The number of carboxylic acid groups (broad SMARTS) is 2. The van der Waals surface area contributed by atoms with Crippen molar-refractivity contribution < 1.29 is 24.6 Å². The van der Waals surface area contributed by atoms with Crippen molar-refractivity contribution in [2.45, 2.75) is 6.54 Å². The summed E-state index contributed by atoms with van der Waals surface area (Å²) in [5.74, 6) is -6.46. The van der Waals surface area contributed by atoms with Gasteiger partial charge in [0, 0.05) is 6.54 Å². The first-order chi connectivity index (χ1) is 8.02. The Morgan fingerprint density at radius 2 is 1.59 bits per heavy atom. The molecule has 0 aliphatic heterocycles. The summed E-state index contributed by atoms with van der Waals surface area (Å²) in [6.45, 7) is 0.0940. The lowest BCUT2D eigenvalue weighted by molar-refractivity contribution is -0.158. The summed E-state index contributed by atoms with van der Waals surface area (Å²) in [7, 11) is 0. The Morgan fingerprint density at radius 3 is 2.06 bits per heavy atom. The summed E-state index contributed by atoms with van der Waals surface area (Å²) >= 11 is 0. The Labute approximate surface area is 96.9 Å². The van der Waals surface area contributed by atoms with Crippen molar-refractivity contribution in [2.75, 3.05) is 0 Å². The van der Waals surface area contributed by atoms with Gasteiger partial charge in [-0.25, -0.2) is 0 Å². The number of aliphatic carboxylic acids is 2. The predicted octanol–water partition coefficient (Wildman–Crippen LogP) is 0.0882. The van der Waals surface area contributed by atoms with Crippen LogP contribution >= 0.6 is 0 Å². The molecule has 0 radical (unpaired) electrons. The maximum Gasteiger partial charge on any atom is 0.327 e. The number of nitrogens with one attached hydrogen (secondary N) is 1. The molecule has 0 atom stereocenters. The van der Waals surface area contributed by atoms with Gasteiger partial charge in [0.2, 0.25) is 11.8 Å². The van der Waals surface area contributed by atoms with E-state index in [0.717, 1.165) is 5.56 Å². The molecule has 0 aromatic heterocycles. The van der Waals surface area contributed by atoms with E-state index in [-0.39, 0.29) is 6.54 Å². The van der Waals surface area contributed by atoms with Gasteiger partial charge in [0.25, 0.3) is 0 Å². The largest absolute Gasteiger partial charge is 0.480 e. The van der Waals surface area contributed by atoms with E-state index in [1.54, 1.807) is 30.3 Å². The third kappa shape index (κ3) is 3.60. The Morgan fingerprint density at radius 1 is 1.06 bits per heavy atom. The molecule has 1 rings (SSSR count). The van der Waals surface area contributed by atoms with Crippen molar-refractivity contribution in [2.24, 2.45) is 5.92 Å². The zero-order valence-corrected chi connectivity index (χ0v) is 8.79. The number of hydrogen-bond donors (Lipinski definition) is 3. The van der Waals surface area contributed by atoms with Gasteiger partial charge in [0.05, 0.1) is 0 Å². The standard InChI is InChI=1S/C11H11NO5/c13-9(8(10(14)15)11(16)17)12-6-7-4-2-1-3-5-7/h1-5,8H,6H2,(H,12,13)(H,14,15)(H,16,17). The smallest absolute Gasteiger partial charge is 0.327 e. The second-order valence-electron chi connectivity index (χ2n) is 3.31. The van der Waals surface area contributed by atoms with E-state index in [1.807, 2.05) is 0 Å². The van der Waals surface area contributed by atoms with Crippen molar-refractivity contribution in [1.29, 1.82) is 0 Å². The molecule has 1 aromatic carbocycles. The minimum atomic E-state index is -2.07. The number of rotatable bonds is 5. The van der Waals surface area contributed by atoms with Crippen LogP contribution in [0.1, 0.15) is 5.56 Å². The van der Waals surface area contributed by atoms with Gasteiger partial charge in [-0.3, -0.25) is 14.4 Å². The molecule has 0 bridgehead atoms. The highest BCUT2D eigenvalue weighted by Gasteiger charge is 2.33. The van der Waals surface area contributed by atoms with Crippen LogP contribution in [0.25, 0.3) is 0 Å². The van der Waals surface area contributed by atoms with Gasteiger partial charge in [0.1, 0.15) is 0 Å². The van der Waals surface area contributed by atoms with Crippen LogP contribution in [0.2, 0.25) is 0 Å². The summed E-state index contributed by atoms with van der Waals surface area (Å²) in [6.07, 6.45) is 0. The number of carbonyl (C=O) groups excluding carboxylic acids is 1. The van der Waals surface area contributed by atoms with Gasteiger partial charge < -0.3 is 15.5 Å². The van der Waals surface area contributed by atoms with Gasteiger partial charge in [0.15, 0.2) is 0 Å². The van der Waals surface area contributed by atoms with Gasteiger partial charge in [-0.15, -0.1) is 0 Å². The summed E-state index contributed by atoms with van der Waals surface area (Å²) in [5.41, 5.74) is 0.760. The molecule has 90 valence electrons. The molecule has 17 heavy (non-hydrogen) atoms. The molecule has 1 aromatic rings. The van der Waals surface area contributed by atoms with Crippen molar-refractivity contribution in [1.82, 2.24) is 5.32 Å². The molecule has 0 saturated carbocycles. The second-order valence-corrected chi connectivity index (χ2v) is 3.31. The maximum atomic E-state index is 11.3. The molecule has 0 unspecified atom stereocenters. The third-order valence-electron chi connectivity index (χ3n) is 2.07. The Bertz CT molecular complexity index is 415. The number of benzene rings is 1. The zero-order chi connectivity index (χ0) is 12.8. The first kappa shape index (κ1) is 12.7. The molecule has 1 amide bonds. The third-order valence-corrected chi connectivity index (χ3v) is 2.07. The molecule has 6 nitrogen and oxygen atoms in total. The molecular weight excluding hydrogens is 226 g/mol. The van der Waals surface area contributed by atoms with Crippen LogP contribution < -0.4 is 5.32 Å². The highest BCUT2D eigenvalue weighted by molar-refractivity contribution is 6.13. The highest BCUT2D eigenvalue weighted by atomic mass is 16.4. The Balaban J connectivity index is 2.60. The van der Waals surface area contributed by atoms with Crippen molar-refractivity contribution in [3.05, 3.63) is 35.9 Å². The van der Waals surface area contributed by atoms with E-state index >= 15 is 0 Å². The van der Waals surface area contributed by atoms with E-state index < -0.39 is 23.8 Å². The monoisotopic (exact) mass is 237 g/mol. The molecule has 0 fully saturated rings. The highest BCUT2D eigenvalue weighted by Crippen LogP contribution is 2.01. The van der Waals surface area contributed by atoms with E-state index in [1.165, 1.54) is 0 Å². The summed E-state index contributed by atoms with van der Waals surface area (Å²) < 4.78 is 0. The molecule has 6 heteroatoms. The summed E-state index contributed by atoms with van der Waals surface area (Å²) in [5, 5.41) is 19.4. The van der Waals surface area contributed by atoms with E-state index in [2.05, 4.69) is 5.32 Å². The van der Waals surface area contributed by atoms with Crippen LogP contribution in [0.15, 0.2) is 30.3 Å². The number of amides is 1. The van der Waals surface area contributed by atoms with Crippen LogP contribution in [-0.2, 0) is 20.9 Å². The second kappa shape index (κ2) is 5.64. The number of hydrogen-bond acceptors (Lipinski definition) is 3. The maximum absolute atomic E-state index is 11.3. The minimum Gasteiger partial charge on any atom is -0.480 e. The van der Waals surface area contributed by atoms with Crippen LogP contribution in [0.3, 0.4) is 0 Å². The Kier molecular flexibility index (Phi) is 4.21. The predicted molar refractivity (Wildman–Crippen MR) is 57.1 cm³/mol. The molecule has 0 aliphatic carbocycles. The SMILES string of the molecule is O=C(O)C(C(=O)O)C(=O)NCc1ccccc1. The fourth-order valence-electron chi connectivity index (χ4n) is 1.22. The van der Waals surface area contributed by atoms with Crippen molar-refractivity contribution in [3.63, 3.8) is 0 Å². The topological polar surface area (TPSA) is 104 Å². The average molecular weight is 237 g/mol. The lowest BCUT2D eigenvalue weighted by atomic mass is 10.1. The first-order valence-electron chi connectivity index (χ1n) is 4.79. The van der Waals surface area contributed by atoms with E-state index in [9.17, 15) is 14.4 Å². The zero-order valence-electron chi connectivity index (χ0n) is 8.79. The minimum absolute atomic E-state index is 0.0940. The normalized spacial score (nSPS) is 9.94. The first-order valence-corrected chi connectivity index (χ1v) is 4.79. The van der Waals surface area contributed by atoms with E-state index in [0.29, 0.717) is 0 Å². The summed E-state index contributed by atoms with van der Waals surface area (Å²) in [4.78, 5) is 32.4. The summed E-state index contributed by atoms with van der Waals surface area (Å²) in [6, 6.07) is 8.77. The van der Waals surface area contributed by atoms with Crippen LogP contribution in [0, 0.1) is 5.92 Å². The Hall–Kier alpha value is -2.37. The van der Waals surface area contributed by atoms with E-state index in [4.69, 9.17) is 10.2 Å². The lowest BCUT2D eigenvalue weighted by Crippen LogP contribution is -2.39. The molecule has 0 saturated heterocycles.